The molecule has 22 heavy (non-hydrogen) atoms. The molecule has 1 aromatic carbocycles. The second-order valence-electron chi connectivity index (χ2n) is 4.28. The summed E-state index contributed by atoms with van der Waals surface area (Å²) in [5.74, 6) is 0.933. The van der Waals surface area contributed by atoms with Crippen molar-refractivity contribution in [2.24, 2.45) is 0 Å². The van der Waals surface area contributed by atoms with Gasteiger partial charge in [-0.25, -0.2) is 9.97 Å². The van der Waals surface area contributed by atoms with Gasteiger partial charge in [0.2, 0.25) is 5.95 Å². The molecule has 0 saturated heterocycles. The van der Waals surface area contributed by atoms with Gasteiger partial charge in [0.25, 0.3) is 0 Å². The van der Waals surface area contributed by atoms with Crippen LogP contribution in [0, 0.1) is 0 Å². The smallest absolute Gasteiger partial charge is 0.307 e. The molecule has 0 bridgehead atoms. The molecule has 0 amide bonds. The largest absolute Gasteiger partial charge is 0.490 e. The fraction of sp³-hybridized carbons (Fsp3) is 0.267. The van der Waals surface area contributed by atoms with Crippen molar-refractivity contribution in [1.82, 2.24) is 9.97 Å². The van der Waals surface area contributed by atoms with Crippen LogP contribution >= 0.6 is 15.9 Å². The van der Waals surface area contributed by atoms with Crippen molar-refractivity contribution in [3.8, 4) is 5.75 Å². The van der Waals surface area contributed by atoms with Crippen LogP contribution in [-0.2, 0) is 9.53 Å². The monoisotopic (exact) mass is 365 g/mol. The van der Waals surface area contributed by atoms with Gasteiger partial charge in [0, 0.05) is 23.4 Å². The van der Waals surface area contributed by atoms with E-state index in [9.17, 15) is 4.79 Å². The third-order valence-corrected chi connectivity index (χ3v) is 3.08. The van der Waals surface area contributed by atoms with E-state index in [0.717, 1.165) is 10.2 Å². The molecule has 1 N–H and O–H groups in total. The van der Waals surface area contributed by atoms with Gasteiger partial charge in [-0.2, -0.15) is 0 Å². The van der Waals surface area contributed by atoms with Crippen LogP contribution in [0.3, 0.4) is 0 Å². The van der Waals surface area contributed by atoms with E-state index < -0.39 is 0 Å². The minimum Gasteiger partial charge on any atom is -0.490 e. The highest BCUT2D eigenvalue weighted by Gasteiger charge is 2.03. The van der Waals surface area contributed by atoms with Gasteiger partial charge in [0.15, 0.2) is 0 Å². The summed E-state index contributed by atoms with van der Waals surface area (Å²) in [5.41, 5.74) is 0. The molecule has 6 nitrogen and oxygen atoms in total. The van der Waals surface area contributed by atoms with Gasteiger partial charge in [-0.05, 0) is 24.3 Å². The Morgan fingerprint density at radius 2 is 2.00 bits per heavy atom. The Hall–Kier alpha value is -2.15. The predicted octanol–water partition coefficient (Wildman–Crippen LogP) is 2.66. The number of carbonyl (C=O) groups excluding carboxylic acids is 1. The van der Waals surface area contributed by atoms with Gasteiger partial charge in [-0.1, -0.05) is 22.0 Å². The Morgan fingerprint density at radius 1 is 1.18 bits per heavy atom. The first-order valence-corrected chi connectivity index (χ1v) is 7.58. The van der Waals surface area contributed by atoms with E-state index >= 15 is 0 Å². The second kappa shape index (κ2) is 8.99. The number of benzene rings is 1. The van der Waals surface area contributed by atoms with Crippen molar-refractivity contribution < 1.29 is 14.3 Å². The first-order chi connectivity index (χ1) is 10.7. The Labute approximate surface area is 137 Å². The fourth-order valence-corrected chi connectivity index (χ4v) is 1.99. The number of esters is 1. The van der Waals surface area contributed by atoms with Crippen LogP contribution in [-0.4, -0.2) is 35.7 Å². The highest BCUT2D eigenvalue weighted by atomic mass is 79.9. The zero-order chi connectivity index (χ0) is 15.6. The molecule has 0 spiro atoms. The van der Waals surface area contributed by atoms with Gasteiger partial charge in [-0.3, -0.25) is 4.79 Å². The van der Waals surface area contributed by atoms with Gasteiger partial charge in [0.1, 0.15) is 19.0 Å². The van der Waals surface area contributed by atoms with Crippen molar-refractivity contribution >= 4 is 27.8 Å². The third-order valence-electron chi connectivity index (χ3n) is 2.59. The average molecular weight is 366 g/mol. The Morgan fingerprint density at radius 3 is 2.77 bits per heavy atom. The quantitative estimate of drug-likeness (QED) is 0.572. The van der Waals surface area contributed by atoms with Gasteiger partial charge >= 0.3 is 5.97 Å². The SMILES string of the molecule is O=C(CCNc1ncccn1)OCCOc1cccc(Br)c1. The lowest BCUT2D eigenvalue weighted by Gasteiger charge is -2.08. The zero-order valence-corrected chi connectivity index (χ0v) is 13.5. The normalized spacial score (nSPS) is 10.0. The molecule has 7 heteroatoms. The lowest BCUT2D eigenvalue weighted by atomic mass is 10.3. The summed E-state index contributed by atoms with van der Waals surface area (Å²) >= 11 is 3.36. The molecule has 116 valence electrons. The molecule has 1 heterocycles. The number of nitrogens with one attached hydrogen (secondary N) is 1. The number of halogens is 1. The summed E-state index contributed by atoms with van der Waals surface area (Å²) in [5, 5.41) is 2.94. The predicted molar refractivity (Wildman–Crippen MR) is 85.7 cm³/mol. The van der Waals surface area contributed by atoms with Crippen LogP contribution in [0.2, 0.25) is 0 Å². The first-order valence-electron chi connectivity index (χ1n) is 6.79. The van der Waals surface area contributed by atoms with Gasteiger partial charge < -0.3 is 14.8 Å². The van der Waals surface area contributed by atoms with Crippen molar-refractivity contribution in [2.45, 2.75) is 6.42 Å². The maximum Gasteiger partial charge on any atom is 0.307 e. The fourth-order valence-electron chi connectivity index (χ4n) is 1.61. The molecule has 2 aromatic rings. The van der Waals surface area contributed by atoms with Crippen molar-refractivity contribution in [3.05, 3.63) is 47.2 Å². The average Bonchev–Trinajstić information content (AvgIpc) is 2.53. The van der Waals surface area contributed by atoms with Gasteiger partial charge in [-0.15, -0.1) is 0 Å². The van der Waals surface area contributed by atoms with E-state index in [2.05, 4.69) is 31.2 Å². The number of ether oxygens (including phenoxy) is 2. The Bertz CT molecular complexity index is 596. The van der Waals surface area contributed by atoms with Crippen LogP contribution in [0.5, 0.6) is 5.75 Å². The molecule has 0 aliphatic heterocycles. The molecular formula is C15H16BrN3O3. The number of hydrogen-bond donors (Lipinski definition) is 1. The Balaban J connectivity index is 1.56. The number of anilines is 1. The third kappa shape index (κ3) is 6.09. The molecule has 0 fully saturated rings. The van der Waals surface area contributed by atoms with Crippen LogP contribution in [0.15, 0.2) is 47.2 Å². The standard InChI is InChI=1S/C15H16BrN3O3/c16-12-3-1-4-13(11-12)21-9-10-22-14(20)5-8-19-15-17-6-2-7-18-15/h1-4,6-7,11H,5,8-10H2,(H,17,18,19). The molecule has 0 radical (unpaired) electrons. The topological polar surface area (TPSA) is 73.3 Å². The minimum absolute atomic E-state index is 0.215. The summed E-state index contributed by atoms with van der Waals surface area (Å²) in [6, 6.07) is 9.21. The lowest BCUT2D eigenvalue weighted by Crippen LogP contribution is -2.16. The van der Waals surface area contributed by atoms with Crippen molar-refractivity contribution in [1.29, 1.82) is 0 Å². The summed E-state index contributed by atoms with van der Waals surface area (Å²) in [6.45, 7) is 0.958. The molecule has 1 aromatic heterocycles. The number of rotatable bonds is 8. The van der Waals surface area contributed by atoms with Crippen LogP contribution in [0.1, 0.15) is 6.42 Å². The molecule has 0 unspecified atom stereocenters. The molecule has 2 rings (SSSR count). The number of nitrogens with zero attached hydrogens (tertiary/aromatic N) is 2. The van der Waals surface area contributed by atoms with E-state index in [1.807, 2.05) is 24.3 Å². The number of aromatic nitrogens is 2. The van der Waals surface area contributed by atoms with Crippen molar-refractivity contribution in [2.75, 3.05) is 25.1 Å². The molecule has 0 saturated carbocycles. The van der Waals surface area contributed by atoms with E-state index in [0.29, 0.717) is 19.1 Å². The summed E-state index contributed by atoms with van der Waals surface area (Å²) in [6.07, 6.45) is 3.51. The Kier molecular flexibility index (Phi) is 6.63. The van der Waals surface area contributed by atoms with Crippen LogP contribution in [0.25, 0.3) is 0 Å². The van der Waals surface area contributed by atoms with E-state index in [1.54, 1.807) is 18.5 Å². The second-order valence-corrected chi connectivity index (χ2v) is 5.19. The molecule has 0 aliphatic rings. The van der Waals surface area contributed by atoms with E-state index in [-0.39, 0.29) is 19.0 Å². The number of hydrogen-bond acceptors (Lipinski definition) is 6. The van der Waals surface area contributed by atoms with Crippen LogP contribution in [0.4, 0.5) is 5.95 Å². The highest BCUT2D eigenvalue weighted by Crippen LogP contribution is 2.17. The number of carbonyl (C=O) groups is 1. The summed E-state index contributed by atoms with van der Waals surface area (Å²) < 4.78 is 11.5. The summed E-state index contributed by atoms with van der Waals surface area (Å²) in [4.78, 5) is 19.5. The maximum atomic E-state index is 11.5. The highest BCUT2D eigenvalue weighted by molar-refractivity contribution is 9.10. The van der Waals surface area contributed by atoms with E-state index in [1.165, 1.54) is 0 Å². The van der Waals surface area contributed by atoms with Gasteiger partial charge in [0.05, 0.1) is 6.42 Å². The molecular weight excluding hydrogens is 350 g/mol. The lowest BCUT2D eigenvalue weighted by molar-refractivity contribution is -0.144. The zero-order valence-electron chi connectivity index (χ0n) is 11.9. The first kappa shape index (κ1) is 16.2. The van der Waals surface area contributed by atoms with E-state index in [4.69, 9.17) is 9.47 Å². The molecule has 0 atom stereocenters. The maximum absolute atomic E-state index is 11.5. The summed E-state index contributed by atoms with van der Waals surface area (Å²) in [7, 11) is 0. The molecule has 0 aliphatic carbocycles. The van der Waals surface area contributed by atoms with Crippen molar-refractivity contribution in [3.63, 3.8) is 0 Å². The van der Waals surface area contributed by atoms with Crippen LogP contribution < -0.4 is 10.1 Å². The minimum atomic E-state index is -0.290.